The quantitative estimate of drug-likeness (QED) is 0.827. The maximum atomic E-state index is 13.0. The van der Waals surface area contributed by atoms with Gasteiger partial charge in [-0.25, -0.2) is 4.39 Å². The molecular weight excluding hydrogens is 221 g/mol. The highest BCUT2D eigenvalue weighted by atomic mass is 19.1. The zero-order chi connectivity index (χ0) is 13.1. The molecule has 1 atom stereocenters. The number of carbonyl (C=O) groups is 1. The maximum absolute atomic E-state index is 13.0. The van der Waals surface area contributed by atoms with Crippen LogP contribution in [0, 0.1) is 18.2 Å². The van der Waals surface area contributed by atoms with Gasteiger partial charge in [0.15, 0.2) is 0 Å². The maximum Gasteiger partial charge on any atom is 0.311 e. The number of halogens is 1. The number of rotatable bonds is 5. The van der Waals surface area contributed by atoms with Crippen LogP contribution in [0.5, 0.6) is 0 Å². The van der Waals surface area contributed by atoms with E-state index >= 15 is 0 Å². The highest BCUT2D eigenvalue weighted by Gasteiger charge is 2.35. The summed E-state index contributed by atoms with van der Waals surface area (Å²) in [5.41, 5.74) is 6.23. The van der Waals surface area contributed by atoms with E-state index in [0.29, 0.717) is 12.8 Å². The van der Waals surface area contributed by atoms with E-state index in [1.165, 1.54) is 12.1 Å². The summed E-state index contributed by atoms with van der Waals surface area (Å²) in [4.78, 5) is 11.3. The molecule has 1 aromatic rings. The molecule has 3 N–H and O–H groups in total. The molecule has 0 radical (unpaired) electrons. The molecule has 0 aromatic heterocycles. The van der Waals surface area contributed by atoms with Crippen LogP contribution < -0.4 is 5.73 Å². The van der Waals surface area contributed by atoms with Crippen molar-refractivity contribution in [3.63, 3.8) is 0 Å². The van der Waals surface area contributed by atoms with Crippen LogP contribution in [0.25, 0.3) is 0 Å². The summed E-state index contributed by atoms with van der Waals surface area (Å²) in [5, 5.41) is 9.28. The number of nitrogens with two attached hydrogens (primary N) is 1. The van der Waals surface area contributed by atoms with Crippen LogP contribution in [-0.2, 0) is 11.2 Å². The predicted octanol–water partition coefficient (Wildman–Crippen LogP) is 2.12. The van der Waals surface area contributed by atoms with Crippen molar-refractivity contribution in [1.82, 2.24) is 0 Å². The molecule has 0 fully saturated rings. The van der Waals surface area contributed by atoms with Crippen LogP contribution in [0.1, 0.15) is 24.5 Å². The first-order valence-corrected chi connectivity index (χ1v) is 5.63. The summed E-state index contributed by atoms with van der Waals surface area (Å²) in [7, 11) is 0. The molecule has 1 aromatic carbocycles. The summed E-state index contributed by atoms with van der Waals surface area (Å²) >= 11 is 0. The molecule has 0 bridgehead atoms. The zero-order valence-corrected chi connectivity index (χ0v) is 10.2. The van der Waals surface area contributed by atoms with Crippen LogP contribution in [0.4, 0.5) is 4.39 Å². The fourth-order valence-corrected chi connectivity index (χ4v) is 1.88. The monoisotopic (exact) mass is 239 g/mol. The molecule has 1 rings (SSSR count). The summed E-state index contributed by atoms with van der Waals surface area (Å²) < 4.78 is 13.0. The van der Waals surface area contributed by atoms with Gasteiger partial charge in [0.25, 0.3) is 0 Å². The Hall–Kier alpha value is -1.42. The van der Waals surface area contributed by atoms with Gasteiger partial charge >= 0.3 is 5.97 Å². The van der Waals surface area contributed by atoms with Gasteiger partial charge in [-0.05, 0) is 43.0 Å². The Balaban J connectivity index is 3.05. The SMILES string of the molecule is CCC(CN)(Cc1ccc(F)cc1C)C(=O)O. The molecule has 3 nitrogen and oxygen atoms in total. The van der Waals surface area contributed by atoms with E-state index in [-0.39, 0.29) is 12.4 Å². The molecular formula is C13H18FNO2. The number of hydrogen-bond acceptors (Lipinski definition) is 2. The van der Waals surface area contributed by atoms with Gasteiger partial charge in [-0.1, -0.05) is 13.0 Å². The first-order chi connectivity index (χ1) is 7.95. The van der Waals surface area contributed by atoms with Gasteiger partial charge in [-0.2, -0.15) is 0 Å². The third-order valence-corrected chi connectivity index (χ3v) is 3.35. The molecule has 0 saturated carbocycles. The van der Waals surface area contributed by atoms with Crippen molar-refractivity contribution in [2.75, 3.05) is 6.54 Å². The van der Waals surface area contributed by atoms with E-state index < -0.39 is 11.4 Å². The first-order valence-electron chi connectivity index (χ1n) is 5.63. The summed E-state index contributed by atoms with van der Waals surface area (Å²) in [6, 6.07) is 4.39. The van der Waals surface area contributed by atoms with Crippen LogP contribution >= 0.6 is 0 Å². The third-order valence-electron chi connectivity index (χ3n) is 3.35. The number of carboxylic acid groups (broad SMARTS) is 1. The molecule has 0 saturated heterocycles. The Labute approximate surface area is 100 Å². The minimum absolute atomic E-state index is 0.0790. The van der Waals surface area contributed by atoms with Gasteiger partial charge in [0.2, 0.25) is 0 Å². The smallest absolute Gasteiger partial charge is 0.311 e. The van der Waals surface area contributed by atoms with E-state index in [0.717, 1.165) is 11.1 Å². The molecule has 0 amide bonds. The highest BCUT2D eigenvalue weighted by Crippen LogP contribution is 2.28. The van der Waals surface area contributed by atoms with E-state index in [4.69, 9.17) is 5.73 Å². The molecule has 0 aliphatic carbocycles. The molecule has 0 aliphatic rings. The fraction of sp³-hybridized carbons (Fsp3) is 0.462. The van der Waals surface area contributed by atoms with Crippen molar-refractivity contribution in [2.45, 2.75) is 26.7 Å². The van der Waals surface area contributed by atoms with E-state index in [1.54, 1.807) is 19.9 Å². The standard InChI is InChI=1S/C13H18FNO2/c1-3-13(8-15,12(16)17)7-10-4-5-11(14)6-9(10)2/h4-6H,3,7-8,15H2,1-2H3,(H,16,17). The number of benzene rings is 1. The van der Waals surface area contributed by atoms with Gasteiger partial charge in [-0.3, -0.25) is 4.79 Å². The van der Waals surface area contributed by atoms with Gasteiger partial charge in [0, 0.05) is 6.54 Å². The average Bonchev–Trinajstić information content (AvgIpc) is 2.28. The van der Waals surface area contributed by atoms with Crippen molar-refractivity contribution >= 4 is 5.97 Å². The molecule has 1 unspecified atom stereocenters. The lowest BCUT2D eigenvalue weighted by Gasteiger charge is -2.27. The van der Waals surface area contributed by atoms with Crippen LogP contribution in [0.3, 0.4) is 0 Å². The topological polar surface area (TPSA) is 63.3 Å². The minimum Gasteiger partial charge on any atom is -0.481 e. The van der Waals surface area contributed by atoms with Gasteiger partial charge < -0.3 is 10.8 Å². The van der Waals surface area contributed by atoms with Crippen molar-refractivity contribution < 1.29 is 14.3 Å². The minimum atomic E-state index is -0.956. The second-order valence-electron chi connectivity index (χ2n) is 4.39. The van der Waals surface area contributed by atoms with Crippen LogP contribution in [-0.4, -0.2) is 17.6 Å². The highest BCUT2D eigenvalue weighted by molar-refractivity contribution is 5.75. The lowest BCUT2D eigenvalue weighted by Crippen LogP contribution is -2.40. The van der Waals surface area contributed by atoms with E-state index in [9.17, 15) is 14.3 Å². The normalized spacial score (nSPS) is 14.4. The predicted molar refractivity (Wildman–Crippen MR) is 64.3 cm³/mol. The first kappa shape index (κ1) is 13.6. The second-order valence-corrected chi connectivity index (χ2v) is 4.39. The lowest BCUT2D eigenvalue weighted by molar-refractivity contribution is -0.148. The van der Waals surface area contributed by atoms with E-state index in [1.807, 2.05) is 0 Å². The largest absolute Gasteiger partial charge is 0.481 e. The molecule has 17 heavy (non-hydrogen) atoms. The number of hydrogen-bond donors (Lipinski definition) is 2. The zero-order valence-electron chi connectivity index (χ0n) is 10.2. The fourth-order valence-electron chi connectivity index (χ4n) is 1.88. The number of aryl methyl sites for hydroxylation is 1. The third kappa shape index (κ3) is 2.82. The van der Waals surface area contributed by atoms with Gasteiger partial charge in [0.05, 0.1) is 5.41 Å². The molecule has 4 heteroatoms. The lowest BCUT2D eigenvalue weighted by atomic mass is 9.78. The average molecular weight is 239 g/mol. The van der Waals surface area contributed by atoms with Crippen LogP contribution in [0.2, 0.25) is 0 Å². The number of carboxylic acids is 1. The summed E-state index contributed by atoms with van der Waals surface area (Å²) in [6.07, 6.45) is 0.789. The Morgan fingerprint density at radius 3 is 2.59 bits per heavy atom. The van der Waals surface area contributed by atoms with Gasteiger partial charge in [0.1, 0.15) is 5.82 Å². The van der Waals surface area contributed by atoms with Crippen molar-refractivity contribution in [3.8, 4) is 0 Å². The van der Waals surface area contributed by atoms with Crippen molar-refractivity contribution in [3.05, 3.63) is 35.1 Å². The summed E-state index contributed by atoms with van der Waals surface area (Å²) in [6.45, 7) is 3.66. The Bertz CT molecular complexity index is 414. The molecule has 94 valence electrons. The van der Waals surface area contributed by atoms with Crippen molar-refractivity contribution in [2.24, 2.45) is 11.1 Å². The van der Waals surface area contributed by atoms with E-state index in [2.05, 4.69) is 0 Å². The Kier molecular flexibility index (Phi) is 4.23. The van der Waals surface area contributed by atoms with Gasteiger partial charge in [-0.15, -0.1) is 0 Å². The van der Waals surface area contributed by atoms with Crippen LogP contribution in [0.15, 0.2) is 18.2 Å². The molecule has 0 spiro atoms. The number of aliphatic carboxylic acids is 1. The van der Waals surface area contributed by atoms with Crippen molar-refractivity contribution in [1.29, 1.82) is 0 Å². The summed E-state index contributed by atoms with van der Waals surface area (Å²) in [5.74, 6) is -1.21. The second kappa shape index (κ2) is 5.27. The Morgan fingerprint density at radius 2 is 2.18 bits per heavy atom. The molecule has 0 heterocycles. The Morgan fingerprint density at radius 1 is 1.53 bits per heavy atom. The molecule has 0 aliphatic heterocycles.